The standard InChI is InChI=1S/C23H46O.C23H38O.C21H42O.C21H36O.8CH4/c2*1-19(2)11-7-12-20(3)13-8-14-21(4)15-9-16-22(5)17-10-18-23(6)24;2*1-17(2)10-7-11-18(3)12-8-13-19(4)14-9-15-20(5)16-21(6)22;;;;;;;;/h19-22H,7-18H2,1-6H3;10-11,15,17-18,20H,7-9,12-14,16H2,1-6H3;17-20H,7-16H2,1-6H3;10,14,16,18H,7-9,11-13,15H2,1-6H3;8*1H4. The van der Waals surface area contributed by atoms with Gasteiger partial charge in [0, 0.05) is 12.8 Å². The lowest BCUT2D eigenvalue weighted by molar-refractivity contribution is -0.118. The molecule has 0 aromatic rings. The zero-order valence-electron chi connectivity index (χ0n) is 66.5. The number of allylic oxidation sites excluding steroid dienone is 14. The molecule has 0 saturated carbocycles. The van der Waals surface area contributed by atoms with E-state index in [1.54, 1.807) is 39.8 Å². The van der Waals surface area contributed by atoms with Crippen molar-refractivity contribution >= 4 is 23.1 Å². The summed E-state index contributed by atoms with van der Waals surface area (Å²) in [6.45, 7) is 52.3. The van der Waals surface area contributed by atoms with Crippen LogP contribution in [0, 0.1) is 59.2 Å². The molecule has 0 amide bonds. The fourth-order valence-electron chi connectivity index (χ4n) is 12.2. The first kappa shape index (κ1) is 124. The molecule has 0 aliphatic heterocycles. The molecule has 0 rings (SSSR count). The largest absolute Gasteiger partial charge is 0.300 e. The van der Waals surface area contributed by atoms with Gasteiger partial charge in [0.1, 0.15) is 11.6 Å². The number of rotatable bonds is 53. The molecule has 0 radical (unpaired) electrons. The number of carbonyl (C=O) groups excluding carboxylic acids is 4. The van der Waals surface area contributed by atoms with Gasteiger partial charge in [0.2, 0.25) is 0 Å². The lowest BCUT2D eigenvalue weighted by Crippen LogP contribution is -2.03. The number of hydrogen-bond donors (Lipinski definition) is 0. The first-order chi connectivity index (χ1) is 43.2. The van der Waals surface area contributed by atoms with Crippen LogP contribution in [0.15, 0.2) is 82.0 Å². The van der Waals surface area contributed by atoms with Gasteiger partial charge in [0.15, 0.2) is 11.6 Å². The highest BCUT2D eigenvalue weighted by molar-refractivity contribution is 5.88. The summed E-state index contributed by atoms with van der Waals surface area (Å²) in [5.41, 5.74) is 8.38. The zero-order chi connectivity index (χ0) is 70.7. The maximum atomic E-state index is 11.1. The van der Waals surface area contributed by atoms with Crippen molar-refractivity contribution in [2.45, 2.75) is 457 Å². The predicted octanol–water partition coefficient (Wildman–Crippen LogP) is 34.1. The first-order valence-corrected chi connectivity index (χ1v) is 38.8. The Hall–Kier alpha value is -3.14. The SMILES string of the molecule is C.C.C.C.C.C.C.C.CC(=O)C=C(C)CCC=C(C)CCCC(C)CCC=C(C)C.CC(=O)C=CC=C(C)CCC=C(C)CCCC(C)CCC=C(C)C.CC(=O)CC(C)CCCC(C)CCCC(C)CCCC(C)C.CC(=O)CCCC(C)CCCC(C)CCCC(C)CCCC(C)C. The number of ketones is 4. The molecule has 0 fully saturated rings. The van der Waals surface area contributed by atoms with Crippen molar-refractivity contribution < 1.29 is 19.2 Å². The molecular weight excluding hydrogens is 1220 g/mol. The maximum absolute atomic E-state index is 11.1. The Morgan fingerprint density at radius 2 is 0.540 bits per heavy atom. The molecule has 0 bridgehead atoms. The lowest BCUT2D eigenvalue weighted by Gasteiger charge is -2.16. The molecule has 0 aliphatic rings. The summed E-state index contributed by atoms with van der Waals surface area (Å²) in [6, 6.07) is 0. The molecular formula is C96H194O4. The quantitative estimate of drug-likeness (QED) is 0.0346. The average Bonchev–Trinajstić information content (AvgIpc) is 1.23. The molecule has 602 valence electrons. The van der Waals surface area contributed by atoms with E-state index in [-0.39, 0.29) is 71.0 Å². The van der Waals surface area contributed by atoms with Crippen LogP contribution >= 0.6 is 0 Å². The minimum absolute atomic E-state index is 0. The summed E-state index contributed by atoms with van der Waals surface area (Å²) in [7, 11) is 0. The minimum atomic E-state index is 0. The average molecular weight is 1410 g/mol. The minimum Gasteiger partial charge on any atom is -0.300 e. The normalized spacial score (nSPS) is 13.6. The van der Waals surface area contributed by atoms with E-state index < -0.39 is 0 Å². The molecule has 0 N–H and O–H groups in total. The van der Waals surface area contributed by atoms with Gasteiger partial charge >= 0.3 is 0 Å². The second-order valence-electron chi connectivity index (χ2n) is 32.0. The van der Waals surface area contributed by atoms with Crippen LogP contribution in [-0.4, -0.2) is 23.1 Å². The van der Waals surface area contributed by atoms with Crippen LogP contribution in [0.5, 0.6) is 0 Å². The monoisotopic (exact) mass is 1410 g/mol. The van der Waals surface area contributed by atoms with Crippen LogP contribution in [0.25, 0.3) is 0 Å². The van der Waals surface area contributed by atoms with Gasteiger partial charge in [0.05, 0.1) is 0 Å². The van der Waals surface area contributed by atoms with Gasteiger partial charge in [-0.25, -0.2) is 0 Å². The van der Waals surface area contributed by atoms with E-state index in [9.17, 15) is 19.2 Å². The molecule has 8 atom stereocenters. The molecule has 0 aromatic carbocycles. The molecule has 0 aliphatic carbocycles. The van der Waals surface area contributed by atoms with Crippen molar-refractivity contribution in [1.29, 1.82) is 0 Å². The van der Waals surface area contributed by atoms with Crippen LogP contribution in [0.4, 0.5) is 0 Å². The number of carbonyl (C=O) groups is 4. The molecule has 8 unspecified atom stereocenters. The van der Waals surface area contributed by atoms with E-state index in [2.05, 4.69) is 156 Å². The number of Topliss-reactive ketones (excluding diaryl/α,β-unsaturated/α-hetero) is 2. The van der Waals surface area contributed by atoms with Gasteiger partial charge in [-0.3, -0.25) is 9.59 Å². The van der Waals surface area contributed by atoms with Crippen molar-refractivity contribution in [3.05, 3.63) is 82.0 Å². The lowest BCUT2D eigenvalue weighted by atomic mass is 9.90. The highest BCUT2D eigenvalue weighted by Gasteiger charge is 2.12. The smallest absolute Gasteiger partial charge is 0.152 e. The third-order valence-corrected chi connectivity index (χ3v) is 18.6. The van der Waals surface area contributed by atoms with Gasteiger partial charge in [-0.1, -0.05) is 347 Å². The Morgan fingerprint density at radius 1 is 0.260 bits per heavy atom. The van der Waals surface area contributed by atoms with Crippen molar-refractivity contribution in [3.8, 4) is 0 Å². The van der Waals surface area contributed by atoms with E-state index >= 15 is 0 Å². The van der Waals surface area contributed by atoms with Crippen LogP contribution in [0.2, 0.25) is 0 Å². The molecule has 0 aromatic heterocycles. The topological polar surface area (TPSA) is 68.3 Å². The first-order valence-electron chi connectivity index (χ1n) is 38.8. The Kier molecular flexibility index (Phi) is 105. The maximum Gasteiger partial charge on any atom is 0.152 e. The zero-order valence-corrected chi connectivity index (χ0v) is 66.5. The molecule has 100 heavy (non-hydrogen) atoms. The summed E-state index contributed by atoms with van der Waals surface area (Å²) in [5.74, 6) is 9.23. The summed E-state index contributed by atoms with van der Waals surface area (Å²) in [6.07, 6.45) is 62.3. The Bertz CT molecular complexity index is 2000. The summed E-state index contributed by atoms with van der Waals surface area (Å²) < 4.78 is 0. The van der Waals surface area contributed by atoms with E-state index in [1.807, 2.05) is 19.1 Å². The second kappa shape index (κ2) is 84.8. The molecule has 0 heterocycles. The molecule has 4 heteroatoms. The van der Waals surface area contributed by atoms with E-state index in [1.165, 1.54) is 220 Å². The predicted molar refractivity (Wildman–Crippen MR) is 469 cm³/mol. The molecule has 0 saturated heterocycles. The summed E-state index contributed by atoms with van der Waals surface area (Å²) in [5, 5.41) is 0. The third-order valence-electron chi connectivity index (χ3n) is 18.6. The van der Waals surface area contributed by atoms with E-state index in [0.717, 1.165) is 98.2 Å². The molecule has 0 spiro atoms. The van der Waals surface area contributed by atoms with Crippen molar-refractivity contribution in [2.24, 2.45) is 59.2 Å². The fraction of sp³-hybridized carbons (Fsp3) is 0.812. The second-order valence-corrected chi connectivity index (χ2v) is 32.0. The Morgan fingerprint density at radius 3 is 0.820 bits per heavy atom. The van der Waals surface area contributed by atoms with Crippen LogP contribution in [0.1, 0.15) is 457 Å². The van der Waals surface area contributed by atoms with E-state index in [0.29, 0.717) is 17.5 Å². The van der Waals surface area contributed by atoms with Crippen molar-refractivity contribution in [3.63, 3.8) is 0 Å². The van der Waals surface area contributed by atoms with Gasteiger partial charge in [-0.05, 0) is 238 Å². The third kappa shape index (κ3) is 106. The van der Waals surface area contributed by atoms with Crippen LogP contribution in [0.3, 0.4) is 0 Å². The highest BCUT2D eigenvalue weighted by Crippen LogP contribution is 2.26. The van der Waals surface area contributed by atoms with Crippen LogP contribution in [-0.2, 0) is 19.2 Å². The Balaban J connectivity index is -0.000000101. The van der Waals surface area contributed by atoms with Gasteiger partial charge in [-0.2, -0.15) is 0 Å². The van der Waals surface area contributed by atoms with Gasteiger partial charge in [-0.15, -0.1) is 0 Å². The highest BCUT2D eigenvalue weighted by atomic mass is 16.1. The van der Waals surface area contributed by atoms with Crippen molar-refractivity contribution in [2.75, 3.05) is 0 Å². The van der Waals surface area contributed by atoms with Gasteiger partial charge in [0.25, 0.3) is 0 Å². The Labute approximate surface area is 636 Å². The number of hydrogen-bond acceptors (Lipinski definition) is 4. The molecule has 4 nitrogen and oxygen atoms in total. The summed E-state index contributed by atoms with van der Waals surface area (Å²) >= 11 is 0. The van der Waals surface area contributed by atoms with E-state index in [4.69, 9.17) is 0 Å². The van der Waals surface area contributed by atoms with Gasteiger partial charge < -0.3 is 9.59 Å². The van der Waals surface area contributed by atoms with Crippen molar-refractivity contribution in [1.82, 2.24) is 0 Å². The summed E-state index contributed by atoms with van der Waals surface area (Å²) in [4.78, 5) is 43.8. The fourth-order valence-corrected chi connectivity index (χ4v) is 12.2. The van der Waals surface area contributed by atoms with Crippen LogP contribution < -0.4 is 0 Å².